The smallest absolute Gasteiger partial charge is 0.321 e. The fraction of sp³-hybridized carbons (Fsp3) is 0.148. The second-order valence-corrected chi connectivity index (χ2v) is 9.15. The Kier molecular flexibility index (Phi) is 6.33. The van der Waals surface area contributed by atoms with Gasteiger partial charge in [-0.2, -0.15) is 0 Å². The van der Waals surface area contributed by atoms with Crippen LogP contribution in [0.15, 0.2) is 79.1 Å². The molecule has 34 heavy (non-hydrogen) atoms. The largest absolute Gasteiger partial charge is 0.480 e. The molecule has 172 valence electrons. The zero-order chi connectivity index (χ0) is 23.7. The minimum absolute atomic E-state index is 0.382. The van der Waals surface area contributed by atoms with E-state index in [1.807, 2.05) is 79.1 Å². The number of aromatic nitrogens is 2. The monoisotopic (exact) mass is 491 g/mol. The summed E-state index contributed by atoms with van der Waals surface area (Å²) in [4.78, 5) is 15.3. The van der Waals surface area contributed by atoms with Crippen LogP contribution in [0.1, 0.15) is 16.7 Å². The van der Waals surface area contributed by atoms with E-state index in [0.29, 0.717) is 29.6 Å². The predicted octanol–water partition coefficient (Wildman–Crippen LogP) is 6.26. The fourth-order valence-corrected chi connectivity index (χ4v) is 4.97. The third-order valence-electron chi connectivity index (χ3n) is 6.20. The van der Waals surface area contributed by atoms with Gasteiger partial charge in [0.25, 0.3) is 0 Å². The predicted molar refractivity (Wildman–Crippen MR) is 138 cm³/mol. The van der Waals surface area contributed by atoms with Crippen LogP contribution in [0.5, 0.6) is 0 Å². The molecule has 2 heterocycles. The SMILES string of the molecule is O=C(O)[C@@H](Cc1c[nH]c2ccccc12)NCc1cn(Cc2c(Cl)cccc2Cl)c2ccccc12. The van der Waals surface area contributed by atoms with Gasteiger partial charge in [0.05, 0.1) is 6.54 Å². The normalized spacial score (nSPS) is 12.4. The van der Waals surface area contributed by atoms with Crippen LogP contribution in [0.2, 0.25) is 10.0 Å². The first kappa shape index (κ1) is 22.5. The molecule has 0 unspecified atom stereocenters. The quantitative estimate of drug-likeness (QED) is 0.239. The van der Waals surface area contributed by atoms with E-state index in [9.17, 15) is 9.90 Å². The Morgan fingerprint density at radius 3 is 2.41 bits per heavy atom. The molecular formula is C27H23Cl2N3O2. The van der Waals surface area contributed by atoms with Crippen molar-refractivity contribution in [3.8, 4) is 0 Å². The number of aromatic amines is 1. The molecule has 0 aliphatic rings. The molecule has 0 aliphatic heterocycles. The third kappa shape index (κ3) is 4.42. The number of carboxylic acid groups (broad SMARTS) is 1. The topological polar surface area (TPSA) is 70.0 Å². The van der Waals surface area contributed by atoms with Crippen molar-refractivity contribution in [2.75, 3.05) is 0 Å². The first-order valence-electron chi connectivity index (χ1n) is 11.0. The minimum Gasteiger partial charge on any atom is -0.480 e. The van der Waals surface area contributed by atoms with Gasteiger partial charge >= 0.3 is 5.97 Å². The molecule has 0 saturated carbocycles. The number of nitrogens with zero attached hydrogens (tertiary/aromatic N) is 1. The maximum Gasteiger partial charge on any atom is 0.321 e. The summed E-state index contributed by atoms with van der Waals surface area (Å²) in [7, 11) is 0. The molecule has 7 heteroatoms. The summed E-state index contributed by atoms with van der Waals surface area (Å²) in [6.07, 6.45) is 4.32. The number of halogens is 2. The average Bonchev–Trinajstić information content (AvgIpc) is 3.40. The van der Waals surface area contributed by atoms with Gasteiger partial charge in [-0.15, -0.1) is 0 Å². The molecule has 0 spiro atoms. The van der Waals surface area contributed by atoms with Crippen LogP contribution in [-0.4, -0.2) is 26.7 Å². The van der Waals surface area contributed by atoms with E-state index in [-0.39, 0.29) is 0 Å². The standard InChI is InChI=1S/C27H23Cl2N3O2/c28-22-8-5-9-23(29)21(22)16-32-15-18(20-7-2-4-11-26(20)32)14-31-25(27(33)34)12-17-13-30-24-10-3-1-6-19(17)24/h1-11,13,15,25,30-31H,12,14,16H2,(H,33,34)/t25-/m1/s1. The Balaban J connectivity index is 1.40. The molecule has 3 N–H and O–H groups in total. The number of para-hydroxylation sites is 2. The number of carboxylic acids is 1. The summed E-state index contributed by atoms with van der Waals surface area (Å²) in [5.41, 5.74) is 4.89. The summed E-state index contributed by atoms with van der Waals surface area (Å²) >= 11 is 12.8. The highest BCUT2D eigenvalue weighted by Crippen LogP contribution is 2.29. The first-order valence-corrected chi connectivity index (χ1v) is 11.8. The van der Waals surface area contributed by atoms with E-state index in [0.717, 1.165) is 38.5 Å². The van der Waals surface area contributed by atoms with Crippen LogP contribution in [0.3, 0.4) is 0 Å². The maximum atomic E-state index is 12.1. The number of fused-ring (bicyclic) bond motifs is 2. The van der Waals surface area contributed by atoms with Crippen molar-refractivity contribution in [2.45, 2.75) is 25.6 Å². The molecule has 0 fully saturated rings. The van der Waals surface area contributed by atoms with E-state index in [2.05, 4.69) is 14.9 Å². The lowest BCUT2D eigenvalue weighted by Gasteiger charge is -2.14. The van der Waals surface area contributed by atoms with Gasteiger partial charge in [-0.05, 0) is 35.4 Å². The lowest BCUT2D eigenvalue weighted by Crippen LogP contribution is -2.38. The zero-order valence-electron chi connectivity index (χ0n) is 18.3. The van der Waals surface area contributed by atoms with Gasteiger partial charge < -0.3 is 14.7 Å². The van der Waals surface area contributed by atoms with Gasteiger partial charge in [-0.1, -0.05) is 65.7 Å². The van der Waals surface area contributed by atoms with Gasteiger partial charge in [0.1, 0.15) is 6.04 Å². The fourth-order valence-electron chi connectivity index (χ4n) is 4.45. The van der Waals surface area contributed by atoms with Crippen LogP contribution >= 0.6 is 23.2 Å². The van der Waals surface area contributed by atoms with Crippen molar-refractivity contribution in [1.82, 2.24) is 14.9 Å². The number of nitrogens with one attached hydrogen (secondary N) is 2. The molecular weight excluding hydrogens is 469 g/mol. The Bertz CT molecular complexity index is 1470. The lowest BCUT2D eigenvalue weighted by molar-refractivity contribution is -0.139. The van der Waals surface area contributed by atoms with Gasteiger partial charge in [0.15, 0.2) is 0 Å². The van der Waals surface area contributed by atoms with Crippen molar-refractivity contribution >= 4 is 51.0 Å². The molecule has 0 radical (unpaired) electrons. The first-order chi connectivity index (χ1) is 16.5. The highest BCUT2D eigenvalue weighted by atomic mass is 35.5. The number of H-pyrrole nitrogens is 1. The number of hydrogen-bond donors (Lipinski definition) is 3. The molecule has 0 amide bonds. The summed E-state index contributed by atoms with van der Waals surface area (Å²) in [6.45, 7) is 0.944. The highest BCUT2D eigenvalue weighted by Gasteiger charge is 2.20. The Hall–Kier alpha value is -3.25. The summed E-state index contributed by atoms with van der Waals surface area (Å²) in [6, 6.07) is 20.8. The molecule has 0 bridgehead atoms. The molecule has 0 saturated heterocycles. The van der Waals surface area contributed by atoms with Gasteiger partial charge in [0, 0.05) is 62.8 Å². The molecule has 5 rings (SSSR count). The van der Waals surface area contributed by atoms with Crippen molar-refractivity contribution in [3.63, 3.8) is 0 Å². The Morgan fingerprint density at radius 1 is 0.941 bits per heavy atom. The molecule has 1 atom stereocenters. The van der Waals surface area contributed by atoms with Crippen LogP contribution in [0, 0.1) is 0 Å². The third-order valence-corrected chi connectivity index (χ3v) is 6.91. The number of rotatable bonds is 8. The van der Waals surface area contributed by atoms with Crippen LogP contribution in [-0.2, 0) is 24.3 Å². The maximum absolute atomic E-state index is 12.1. The number of aliphatic carboxylic acids is 1. The number of hydrogen-bond acceptors (Lipinski definition) is 2. The van der Waals surface area contributed by atoms with Gasteiger partial charge in [-0.25, -0.2) is 0 Å². The Labute approximate surface area is 206 Å². The molecule has 5 nitrogen and oxygen atoms in total. The van der Waals surface area contributed by atoms with E-state index in [1.165, 1.54) is 0 Å². The van der Waals surface area contributed by atoms with Crippen molar-refractivity contribution in [3.05, 3.63) is 106 Å². The Morgan fingerprint density at radius 2 is 1.65 bits per heavy atom. The lowest BCUT2D eigenvalue weighted by atomic mass is 10.0. The number of benzene rings is 3. The van der Waals surface area contributed by atoms with Crippen molar-refractivity contribution < 1.29 is 9.90 Å². The van der Waals surface area contributed by atoms with Crippen LogP contribution in [0.25, 0.3) is 21.8 Å². The van der Waals surface area contributed by atoms with Gasteiger partial charge in [-0.3, -0.25) is 10.1 Å². The van der Waals surface area contributed by atoms with Crippen molar-refractivity contribution in [1.29, 1.82) is 0 Å². The van der Waals surface area contributed by atoms with E-state index < -0.39 is 12.0 Å². The summed E-state index contributed by atoms with van der Waals surface area (Å²) < 4.78 is 2.11. The number of carbonyl (C=O) groups is 1. The zero-order valence-corrected chi connectivity index (χ0v) is 19.8. The average molecular weight is 492 g/mol. The minimum atomic E-state index is -0.878. The second-order valence-electron chi connectivity index (χ2n) is 8.33. The van der Waals surface area contributed by atoms with Gasteiger partial charge in [0.2, 0.25) is 0 Å². The molecule has 2 aromatic heterocycles. The molecule has 0 aliphatic carbocycles. The van der Waals surface area contributed by atoms with E-state index in [1.54, 1.807) is 0 Å². The van der Waals surface area contributed by atoms with Crippen molar-refractivity contribution in [2.24, 2.45) is 0 Å². The van der Waals surface area contributed by atoms with E-state index in [4.69, 9.17) is 23.2 Å². The highest BCUT2D eigenvalue weighted by molar-refractivity contribution is 6.36. The van der Waals surface area contributed by atoms with Crippen LogP contribution < -0.4 is 5.32 Å². The summed E-state index contributed by atoms with van der Waals surface area (Å²) in [5.74, 6) is -0.878. The summed E-state index contributed by atoms with van der Waals surface area (Å²) in [5, 5.41) is 16.5. The molecule has 3 aromatic carbocycles. The molecule has 5 aromatic rings. The van der Waals surface area contributed by atoms with E-state index >= 15 is 0 Å². The van der Waals surface area contributed by atoms with Crippen LogP contribution in [0.4, 0.5) is 0 Å². The second kappa shape index (κ2) is 9.55.